The van der Waals surface area contributed by atoms with Crippen LogP contribution < -0.4 is 18.9 Å². The van der Waals surface area contributed by atoms with Gasteiger partial charge in [0, 0.05) is 38.3 Å². The summed E-state index contributed by atoms with van der Waals surface area (Å²) in [5.41, 5.74) is 2.39. The predicted octanol–water partition coefficient (Wildman–Crippen LogP) is 5.38. The standard InChI is InChI=1S/2C20H31NO4.C9H15NO4/c2*1-23-19-8-7-15(13-20(19)24-2)10-12-25-18-6-4-3-5-17(18)21-11-9-16(22)14-21;11-8(12)7-14-9(13)6-10-4-2-1-3-5-10/h2*7-8,13,16-18,22H,3-6,9-12,14H2,1-2H3;1-7H2,(H,11,12)/t2*16-,17-,18-;/m11./s1. The fraction of sp³-hybridized carbons (Fsp3) is 0.714. The lowest BCUT2D eigenvalue weighted by Gasteiger charge is -2.37. The summed E-state index contributed by atoms with van der Waals surface area (Å²) in [6.45, 7) is 6.54. The van der Waals surface area contributed by atoms with Crippen LogP contribution in [0.15, 0.2) is 36.4 Å². The minimum Gasteiger partial charge on any atom is -0.493 e. The number of benzene rings is 2. The maximum absolute atomic E-state index is 11.1. The number of esters is 1. The Bertz CT molecular complexity index is 1580. The molecule has 6 atom stereocenters. The molecular weight excluding hydrogens is 823 g/mol. The lowest BCUT2D eigenvalue weighted by Crippen LogP contribution is -2.46. The molecule has 2 aliphatic carbocycles. The molecule has 360 valence electrons. The maximum atomic E-state index is 11.1. The van der Waals surface area contributed by atoms with Crippen molar-refractivity contribution in [1.29, 1.82) is 0 Å². The van der Waals surface area contributed by atoms with Gasteiger partial charge in [0.05, 0.1) is 72.6 Å². The van der Waals surface area contributed by atoms with Gasteiger partial charge in [0.25, 0.3) is 0 Å². The van der Waals surface area contributed by atoms with E-state index in [9.17, 15) is 19.8 Å². The van der Waals surface area contributed by atoms with E-state index in [0.717, 1.165) is 114 Å². The second kappa shape index (κ2) is 27.7. The molecule has 2 saturated carbocycles. The monoisotopic (exact) mass is 900 g/mol. The molecule has 0 aromatic heterocycles. The predicted molar refractivity (Wildman–Crippen MR) is 244 cm³/mol. The number of aliphatic carboxylic acids is 1. The van der Waals surface area contributed by atoms with Crippen LogP contribution in [0, 0.1) is 0 Å². The van der Waals surface area contributed by atoms with Gasteiger partial charge in [0.2, 0.25) is 0 Å². The van der Waals surface area contributed by atoms with Crippen LogP contribution in [0.25, 0.3) is 0 Å². The number of hydrogen-bond acceptors (Lipinski definition) is 14. The number of carbonyl (C=O) groups is 2. The van der Waals surface area contributed by atoms with Crippen molar-refractivity contribution < 1.29 is 58.1 Å². The second-order valence-electron chi connectivity index (χ2n) is 17.7. The van der Waals surface area contributed by atoms with Crippen LogP contribution in [0.4, 0.5) is 0 Å². The van der Waals surface area contributed by atoms with Crippen molar-refractivity contribution in [3.05, 3.63) is 47.5 Å². The molecular formula is C49H77N3O12. The van der Waals surface area contributed by atoms with Crippen molar-refractivity contribution in [1.82, 2.24) is 14.7 Å². The number of methoxy groups -OCH3 is 4. The normalized spacial score (nSPS) is 25.3. The van der Waals surface area contributed by atoms with E-state index in [1.165, 1.54) is 56.1 Å². The van der Waals surface area contributed by atoms with E-state index in [0.29, 0.717) is 37.5 Å². The van der Waals surface area contributed by atoms with Gasteiger partial charge in [-0.3, -0.25) is 19.5 Å². The van der Waals surface area contributed by atoms with Gasteiger partial charge in [0.1, 0.15) is 0 Å². The fourth-order valence-electron chi connectivity index (χ4n) is 9.73. The summed E-state index contributed by atoms with van der Waals surface area (Å²) < 4.78 is 38.4. The van der Waals surface area contributed by atoms with E-state index in [4.69, 9.17) is 33.5 Å². The van der Waals surface area contributed by atoms with Crippen molar-refractivity contribution in [3.63, 3.8) is 0 Å². The van der Waals surface area contributed by atoms with Crippen LogP contribution in [-0.2, 0) is 36.6 Å². The van der Waals surface area contributed by atoms with Crippen LogP contribution >= 0.6 is 0 Å². The van der Waals surface area contributed by atoms with Crippen molar-refractivity contribution >= 4 is 11.9 Å². The highest BCUT2D eigenvalue weighted by Gasteiger charge is 2.36. The molecule has 64 heavy (non-hydrogen) atoms. The van der Waals surface area contributed by atoms with Gasteiger partial charge in [-0.05, 0) is 113 Å². The summed E-state index contributed by atoms with van der Waals surface area (Å²) in [6, 6.07) is 13.0. The Balaban J connectivity index is 0.000000189. The molecule has 0 spiro atoms. The van der Waals surface area contributed by atoms with Crippen LogP contribution in [0.2, 0.25) is 0 Å². The molecule has 3 saturated heterocycles. The summed E-state index contributed by atoms with van der Waals surface area (Å²) in [5.74, 6) is 1.48. The number of rotatable bonds is 18. The average molecular weight is 900 g/mol. The number of carbonyl (C=O) groups excluding carboxylic acids is 1. The van der Waals surface area contributed by atoms with Crippen LogP contribution in [0.5, 0.6) is 23.0 Å². The first-order chi connectivity index (χ1) is 31.1. The molecule has 5 fully saturated rings. The minimum absolute atomic E-state index is 0.158. The Labute approximate surface area is 381 Å². The molecule has 15 heteroatoms. The number of piperidine rings is 1. The Morgan fingerprint density at radius 2 is 1.03 bits per heavy atom. The van der Waals surface area contributed by atoms with Gasteiger partial charge < -0.3 is 48.5 Å². The molecule has 7 rings (SSSR count). The zero-order chi connectivity index (χ0) is 45.7. The Morgan fingerprint density at radius 3 is 1.44 bits per heavy atom. The summed E-state index contributed by atoms with van der Waals surface area (Å²) in [6.07, 6.45) is 16.9. The van der Waals surface area contributed by atoms with E-state index in [2.05, 4.69) is 26.7 Å². The number of hydrogen-bond donors (Lipinski definition) is 3. The average Bonchev–Trinajstić information content (AvgIpc) is 3.96. The highest BCUT2D eigenvalue weighted by Crippen LogP contribution is 2.32. The summed E-state index contributed by atoms with van der Waals surface area (Å²) in [4.78, 5) is 28.1. The smallest absolute Gasteiger partial charge is 0.341 e. The molecule has 0 radical (unpaired) electrons. The Morgan fingerprint density at radius 1 is 0.578 bits per heavy atom. The number of ether oxygens (including phenoxy) is 7. The molecule has 5 aliphatic rings. The van der Waals surface area contributed by atoms with E-state index in [1.807, 2.05) is 29.2 Å². The van der Waals surface area contributed by atoms with Gasteiger partial charge in [-0.25, -0.2) is 4.79 Å². The van der Waals surface area contributed by atoms with Crippen LogP contribution in [-0.4, -0.2) is 173 Å². The first kappa shape index (κ1) is 51.3. The number of carboxylic acid groups (broad SMARTS) is 1. The van der Waals surface area contributed by atoms with Crippen molar-refractivity contribution in [2.75, 3.05) is 94.1 Å². The molecule has 15 nitrogen and oxygen atoms in total. The van der Waals surface area contributed by atoms with Crippen LogP contribution in [0.1, 0.15) is 94.6 Å². The van der Waals surface area contributed by atoms with Gasteiger partial charge in [0.15, 0.2) is 29.6 Å². The highest BCUT2D eigenvalue weighted by molar-refractivity contribution is 5.76. The minimum atomic E-state index is -1.11. The highest BCUT2D eigenvalue weighted by atomic mass is 16.6. The summed E-state index contributed by atoms with van der Waals surface area (Å²) in [7, 11) is 6.63. The third-order valence-corrected chi connectivity index (χ3v) is 13.2. The van der Waals surface area contributed by atoms with Gasteiger partial charge in [-0.15, -0.1) is 0 Å². The third kappa shape index (κ3) is 16.6. The van der Waals surface area contributed by atoms with E-state index < -0.39 is 18.5 Å². The molecule has 3 heterocycles. The lowest BCUT2D eigenvalue weighted by atomic mass is 9.91. The number of β-amino-alcohol motifs (C(OH)–C–C–N with tert-alkyl or cyclic N) is 2. The van der Waals surface area contributed by atoms with Gasteiger partial charge in [-0.2, -0.15) is 0 Å². The number of aliphatic hydroxyl groups excluding tert-OH is 2. The molecule has 2 aromatic rings. The van der Waals surface area contributed by atoms with E-state index in [1.54, 1.807) is 28.4 Å². The number of carboxylic acids is 1. The maximum Gasteiger partial charge on any atom is 0.341 e. The topological polar surface area (TPSA) is 169 Å². The zero-order valence-electron chi connectivity index (χ0n) is 39.0. The Kier molecular flexibility index (Phi) is 22.2. The largest absolute Gasteiger partial charge is 0.493 e. The van der Waals surface area contributed by atoms with Gasteiger partial charge >= 0.3 is 11.9 Å². The fourth-order valence-corrected chi connectivity index (χ4v) is 9.73. The summed E-state index contributed by atoms with van der Waals surface area (Å²) in [5, 5.41) is 27.9. The summed E-state index contributed by atoms with van der Waals surface area (Å²) >= 11 is 0. The molecule has 0 amide bonds. The molecule has 2 aromatic carbocycles. The number of likely N-dealkylation sites (tertiary alicyclic amines) is 3. The number of aliphatic hydroxyl groups is 2. The Hall–Kier alpha value is -3.70. The zero-order valence-corrected chi connectivity index (χ0v) is 39.0. The second-order valence-corrected chi connectivity index (χ2v) is 17.7. The van der Waals surface area contributed by atoms with Crippen LogP contribution in [0.3, 0.4) is 0 Å². The first-order valence-corrected chi connectivity index (χ1v) is 23.7. The van der Waals surface area contributed by atoms with Crippen molar-refractivity contribution in [2.45, 2.75) is 133 Å². The molecule has 3 N–H and O–H groups in total. The van der Waals surface area contributed by atoms with Crippen molar-refractivity contribution in [3.8, 4) is 23.0 Å². The molecule has 0 bridgehead atoms. The quantitative estimate of drug-likeness (QED) is 0.163. The van der Waals surface area contributed by atoms with Gasteiger partial charge in [-0.1, -0.05) is 44.2 Å². The lowest BCUT2D eigenvalue weighted by molar-refractivity contribution is -0.156. The molecule has 3 aliphatic heterocycles. The third-order valence-electron chi connectivity index (χ3n) is 13.2. The number of nitrogens with zero attached hydrogens (tertiary/aromatic N) is 3. The molecule has 0 unspecified atom stereocenters. The van der Waals surface area contributed by atoms with E-state index >= 15 is 0 Å². The van der Waals surface area contributed by atoms with E-state index in [-0.39, 0.29) is 18.8 Å². The SMILES string of the molecule is COc1ccc(CCO[C@@H]2CCCC[C@H]2N2CC[C@@H](O)C2)cc1OC.COc1ccc(CCO[C@@H]2CCCC[C@H]2N2CC[C@@H](O)C2)cc1OC.O=C(O)COC(=O)CN1CCCCC1. The van der Waals surface area contributed by atoms with Crippen molar-refractivity contribution in [2.24, 2.45) is 0 Å². The first-order valence-electron chi connectivity index (χ1n) is 23.7.